The minimum Gasteiger partial charge on any atom is -0.382 e. The van der Waals surface area contributed by atoms with Gasteiger partial charge in [-0.3, -0.25) is 4.99 Å². The first-order chi connectivity index (χ1) is 11.7. The summed E-state index contributed by atoms with van der Waals surface area (Å²) in [5, 5.41) is 6.97. The predicted molar refractivity (Wildman–Crippen MR) is 114 cm³/mol. The fraction of sp³-hybridized carbons (Fsp3) is 0.944. The number of halogens is 1. The molecule has 1 aliphatic carbocycles. The summed E-state index contributed by atoms with van der Waals surface area (Å²) < 4.78 is 11.4. The number of hydrogen-bond donors (Lipinski definition) is 2. The van der Waals surface area contributed by atoms with Gasteiger partial charge in [0, 0.05) is 46.4 Å². The molecule has 0 spiro atoms. The van der Waals surface area contributed by atoms with Gasteiger partial charge in [-0.25, -0.2) is 0 Å². The third-order valence-corrected chi connectivity index (χ3v) is 5.34. The summed E-state index contributed by atoms with van der Waals surface area (Å²) in [6, 6.07) is 0. The number of nitrogens with one attached hydrogen (secondary N) is 2. The molecule has 1 aliphatic heterocycles. The molecule has 0 amide bonds. The number of aliphatic imine (C=N–C) groups is 1. The van der Waals surface area contributed by atoms with Crippen LogP contribution in [-0.4, -0.2) is 77.1 Å². The summed E-state index contributed by atoms with van der Waals surface area (Å²) >= 11 is 0. The van der Waals surface area contributed by atoms with Crippen molar-refractivity contribution < 1.29 is 9.47 Å². The SMILES string of the molecule is CCOCCC1(CNC(=NC)NCC2CN(C)CCO2)CCCC1.I. The first-order valence-corrected chi connectivity index (χ1v) is 9.50. The Morgan fingerprint density at radius 1 is 1.32 bits per heavy atom. The fourth-order valence-corrected chi connectivity index (χ4v) is 3.77. The third kappa shape index (κ3) is 7.97. The Balaban J connectivity index is 0.00000312. The van der Waals surface area contributed by atoms with Gasteiger partial charge in [-0.15, -0.1) is 24.0 Å². The third-order valence-electron chi connectivity index (χ3n) is 5.34. The van der Waals surface area contributed by atoms with Gasteiger partial charge in [0.2, 0.25) is 0 Å². The molecule has 1 saturated carbocycles. The molecule has 2 rings (SSSR count). The van der Waals surface area contributed by atoms with Crippen LogP contribution >= 0.6 is 24.0 Å². The van der Waals surface area contributed by atoms with E-state index in [0.717, 1.165) is 58.4 Å². The molecule has 6 nitrogen and oxygen atoms in total. The van der Waals surface area contributed by atoms with E-state index in [1.807, 2.05) is 7.05 Å². The number of morpholine rings is 1. The molecule has 2 N–H and O–H groups in total. The van der Waals surface area contributed by atoms with Gasteiger partial charge in [-0.2, -0.15) is 0 Å². The summed E-state index contributed by atoms with van der Waals surface area (Å²) in [6.45, 7) is 8.33. The van der Waals surface area contributed by atoms with Crippen LogP contribution in [0.15, 0.2) is 4.99 Å². The predicted octanol–water partition coefficient (Wildman–Crippen LogP) is 2.09. The van der Waals surface area contributed by atoms with Crippen molar-refractivity contribution in [2.75, 3.05) is 60.1 Å². The van der Waals surface area contributed by atoms with Crippen LogP contribution in [0.2, 0.25) is 0 Å². The highest BCUT2D eigenvalue weighted by Crippen LogP contribution is 2.40. The lowest BCUT2D eigenvalue weighted by Crippen LogP contribution is -2.49. The van der Waals surface area contributed by atoms with Crippen molar-refractivity contribution in [1.82, 2.24) is 15.5 Å². The summed E-state index contributed by atoms with van der Waals surface area (Å²) in [6.07, 6.45) is 6.63. The van der Waals surface area contributed by atoms with Crippen LogP contribution < -0.4 is 10.6 Å². The van der Waals surface area contributed by atoms with Crippen LogP contribution in [0.4, 0.5) is 0 Å². The molecular weight excluding hydrogens is 431 g/mol. The molecule has 0 aromatic carbocycles. The second kappa shape index (κ2) is 12.3. The molecule has 0 radical (unpaired) electrons. The van der Waals surface area contributed by atoms with E-state index in [2.05, 4.69) is 34.5 Å². The first-order valence-electron chi connectivity index (χ1n) is 9.50. The Morgan fingerprint density at radius 3 is 2.72 bits per heavy atom. The number of ether oxygens (including phenoxy) is 2. The van der Waals surface area contributed by atoms with Crippen molar-refractivity contribution in [2.45, 2.75) is 45.1 Å². The van der Waals surface area contributed by atoms with E-state index in [1.54, 1.807) is 0 Å². The minimum absolute atomic E-state index is 0. The van der Waals surface area contributed by atoms with E-state index < -0.39 is 0 Å². The average Bonchev–Trinajstić information content (AvgIpc) is 3.04. The second-order valence-electron chi connectivity index (χ2n) is 7.22. The van der Waals surface area contributed by atoms with Crippen molar-refractivity contribution in [3.05, 3.63) is 0 Å². The maximum Gasteiger partial charge on any atom is 0.191 e. The second-order valence-corrected chi connectivity index (χ2v) is 7.22. The Morgan fingerprint density at radius 2 is 2.08 bits per heavy atom. The van der Waals surface area contributed by atoms with E-state index in [4.69, 9.17) is 9.47 Å². The van der Waals surface area contributed by atoms with E-state index in [-0.39, 0.29) is 30.1 Å². The number of likely N-dealkylation sites (N-methyl/N-ethyl adjacent to an activating group) is 1. The quantitative estimate of drug-likeness (QED) is 0.247. The maximum atomic E-state index is 5.80. The lowest BCUT2D eigenvalue weighted by Gasteiger charge is -2.32. The fourth-order valence-electron chi connectivity index (χ4n) is 3.77. The molecule has 1 unspecified atom stereocenters. The van der Waals surface area contributed by atoms with E-state index >= 15 is 0 Å². The van der Waals surface area contributed by atoms with Gasteiger partial charge in [-0.05, 0) is 38.6 Å². The van der Waals surface area contributed by atoms with Crippen LogP contribution in [0.25, 0.3) is 0 Å². The van der Waals surface area contributed by atoms with E-state index in [9.17, 15) is 0 Å². The van der Waals surface area contributed by atoms with Crippen molar-refractivity contribution >= 4 is 29.9 Å². The monoisotopic (exact) mass is 468 g/mol. The van der Waals surface area contributed by atoms with Gasteiger partial charge in [-0.1, -0.05) is 12.8 Å². The zero-order valence-electron chi connectivity index (χ0n) is 16.2. The lowest BCUT2D eigenvalue weighted by atomic mass is 9.83. The molecule has 7 heteroatoms. The van der Waals surface area contributed by atoms with Gasteiger partial charge in [0.1, 0.15) is 0 Å². The van der Waals surface area contributed by atoms with Crippen LogP contribution in [0.5, 0.6) is 0 Å². The van der Waals surface area contributed by atoms with Crippen molar-refractivity contribution in [3.8, 4) is 0 Å². The van der Waals surface area contributed by atoms with Gasteiger partial charge in [0.05, 0.1) is 12.7 Å². The van der Waals surface area contributed by atoms with Crippen LogP contribution in [0.3, 0.4) is 0 Å². The molecule has 0 aromatic heterocycles. The Kier molecular flexibility index (Phi) is 11.3. The minimum atomic E-state index is 0. The van der Waals surface area contributed by atoms with Crippen molar-refractivity contribution in [2.24, 2.45) is 10.4 Å². The van der Waals surface area contributed by atoms with Gasteiger partial charge in [0.15, 0.2) is 5.96 Å². The zero-order valence-corrected chi connectivity index (χ0v) is 18.5. The summed E-state index contributed by atoms with van der Waals surface area (Å²) in [5.74, 6) is 0.884. The highest BCUT2D eigenvalue weighted by molar-refractivity contribution is 14.0. The highest BCUT2D eigenvalue weighted by Gasteiger charge is 2.33. The summed E-state index contributed by atoms with van der Waals surface area (Å²) in [5.41, 5.74) is 0.369. The molecule has 1 heterocycles. The molecule has 0 aromatic rings. The average molecular weight is 468 g/mol. The number of nitrogens with zero attached hydrogens (tertiary/aromatic N) is 2. The normalized spacial score (nSPS) is 24.0. The molecule has 2 fully saturated rings. The number of hydrogen-bond acceptors (Lipinski definition) is 4. The number of guanidine groups is 1. The Hall–Kier alpha value is -0.120. The highest BCUT2D eigenvalue weighted by atomic mass is 127. The standard InChI is InChI=1S/C18H36N4O2.HI/c1-4-23-11-9-18(7-5-6-8-18)15-21-17(19-2)20-13-16-14-22(3)10-12-24-16;/h16H,4-15H2,1-3H3,(H2,19,20,21);1H. The lowest BCUT2D eigenvalue weighted by molar-refractivity contribution is -0.0161. The Labute approximate surface area is 170 Å². The molecule has 148 valence electrons. The topological polar surface area (TPSA) is 58.1 Å². The van der Waals surface area contributed by atoms with Gasteiger partial charge < -0.3 is 25.0 Å². The first kappa shape index (κ1) is 22.9. The molecule has 1 atom stereocenters. The van der Waals surface area contributed by atoms with Gasteiger partial charge >= 0.3 is 0 Å². The molecule has 1 saturated heterocycles. The smallest absolute Gasteiger partial charge is 0.191 e. The number of rotatable bonds is 8. The zero-order chi connectivity index (χ0) is 17.3. The molecular formula is C18H37IN4O2. The van der Waals surface area contributed by atoms with E-state index in [1.165, 1.54) is 25.7 Å². The van der Waals surface area contributed by atoms with Crippen LogP contribution in [0, 0.1) is 5.41 Å². The van der Waals surface area contributed by atoms with E-state index in [0.29, 0.717) is 5.41 Å². The van der Waals surface area contributed by atoms with Gasteiger partial charge in [0.25, 0.3) is 0 Å². The maximum absolute atomic E-state index is 5.80. The summed E-state index contributed by atoms with van der Waals surface area (Å²) in [7, 11) is 3.98. The molecule has 2 aliphatic rings. The summed E-state index contributed by atoms with van der Waals surface area (Å²) in [4.78, 5) is 6.69. The molecule has 0 bridgehead atoms. The van der Waals surface area contributed by atoms with Crippen LogP contribution in [0.1, 0.15) is 39.0 Å². The van der Waals surface area contributed by atoms with Crippen LogP contribution in [-0.2, 0) is 9.47 Å². The van der Waals surface area contributed by atoms with Crippen molar-refractivity contribution in [3.63, 3.8) is 0 Å². The van der Waals surface area contributed by atoms with Crippen molar-refractivity contribution in [1.29, 1.82) is 0 Å². The largest absolute Gasteiger partial charge is 0.382 e. The Bertz CT molecular complexity index is 389. The molecule has 25 heavy (non-hydrogen) atoms.